The second-order valence-corrected chi connectivity index (χ2v) is 4.59. The summed E-state index contributed by atoms with van der Waals surface area (Å²) in [4.78, 5) is 14.6. The van der Waals surface area contributed by atoms with Crippen LogP contribution in [0, 0.1) is 17.0 Å². The van der Waals surface area contributed by atoms with Crippen LogP contribution in [0.5, 0.6) is 0 Å². The molecule has 1 aliphatic carbocycles. The highest BCUT2D eigenvalue weighted by Gasteiger charge is 2.20. The Morgan fingerprint density at radius 1 is 1.50 bits per heavy atom. The van der Waals surface area contributed by atoms with Gasteiger partial charge in [-0.3, -0.25) is 10.1 Å². The number of aromatic nitrogens is 1. The molecule has 0 aliphatic heterocycles. The second-order valence-electron chi connectivity index (χ2n) is 4.59. The lowest BCUT2D eigenvalue weighted by Gasteiger charge is -2.07. The van der Waals surface area contributed by atoms with Crippen molar-refractivity contribution in [3.8, 4) is 0 Å². The Balaban J connectivity index is 1.83. The molecule has 0 bridgehead atoms. The van der Waals surface area contributed by atoms with Crippen molar-refractivity contribution in [3.63, 3.8) is 0 Å². The lowest BCUT2D eigenvalue weighted by atomic mass is 10.2. The largest absolute Gasteiger partial charge is 0.364 e. The number of hydrogen-bond donors (Lipinski definition) is 2. The molecule has 18 heavy (non-hydrogen) atoms. The molecule has 0 spiro atoms. The van der Waals surface area contributed by atoms with Crippen LogP contribution in [0.15, 0.2) is 12.3 Å². The number of rotatable bonds is 7. The number of nitro groups is 1. The first-order chi connectivity index (χ1) is 8.68. The first-order valence-corrected chi connectivity index (χ1v) is 6.25. The van der Waals surface area contributed by atoms with Crippen LogP contribution < -0.4 is 10.6 Å². The molecule has 0 saturated heterocycles. The number of nitrogens with zero attached hydrogens (tertiary/aromatic N) is 2. The number of pyridine rings is 1. The maximum atomic E-state index is 10.9. The van der Waals surface area contributed by atoms with E-state index in [-0.39, 0.29) is 10.6 Å². The molecule has 0 aromatic carbocycles. The van der Waals surface area contributed by atoms with E-state index in [0.29, 0.717) is 24.0 Å². The molecule has 0 atom stereocenters. The van der Waals surface area contributed by atoms with Crippen LogP contribution >= 0.6 is 0 Å². The lowest BCUT2D eigenvalue weighted by molar-refractivity contribution is -0.384. The molecule has 1 aliphatic rings. The predicted octanol–water partition coefficient (Wildman–Crippen LogP) is 1.85. The van der Waals surface area contributed by atoms with E-state index < -0.39 is 0 Å². The molecule has 1 heterocycles. The molecule has 1 fully saturated rings. The number of hydrogen-bond acceptors (Lipinski definition) is 5. The molecular formula is C12H18N4O2. The van der Waals surface area contributed by atoms with Gasteiger partial charge in [-0.25, -0.2) is 4.98 Å². The summed E-state index contributed by atoms with van der Waals surface area (Å²) >= 11 is 0. The molecule has 0 amide bonds. The molecule has 6 nitrogen and oxygen atoms in total. The number of aryl methyl sites for hydroxylation is 1. The number of nitrogens with one attached hydrogen (secondary N) is 2. The Morgan fingerprint density at radius 2 is 2.28 bits per heavy atom. The summed E-state index contributed by atoms with van der Waals surface area (Å²) in [6, 6.07) is 2.36. The summed E-state index contributed by atoms with van der Waals surface area (Å²) in [5.41, 5.74) is 0.709. The highest BCUT2D eigenvalue weighted by Crippen LogP contribution is 2.25. The maximum absolute atomic E-state index is 10.9. The summed E-state index contributed by atoms with van der Waals surface area (Å²) in [6.07, 6.45) is 5.08. The summed E-state index contributed by atoms with van der Waals surface area (Å²) in [7, 11) is 0. The van der Waals surface area contributed by atoms with Gasteiger partial charge in [0.15, 0.2) is 0 Å². The Kier molecular flexibility index (Phi) is 4.09. The van der Waals surface area contributed by atoms with Crippen molar-refractivity contribution >= 4 is 11.5 Å². The third-order valence-electron chi connectivity index (χ3n) is 2.96. The van der Waals surface area contributed by atoms with Gasteiger partial charge in [0.2, 0.25) is 5.82 Å². The van der Waals surface area contributed by atoms with Crippen molar-refractivity contribution < 1.29 is 4.92 Å². The summed E-state index contributed by atoms with van der Waals surface area (Å²) in [5, 5.41) is 17.4. The molecule has 98 valence electrons. The van der Waals surface area contributed by atoms with Gasteiger partial charge in [-0.1, -0.05) is 0 Å². The van der Waals surface area contributed by atoms with Gasteiger partial charge in [-0.15, -0.1) is 0 Å². The van der Waals surface area contributed by atoms with Crippen molar-refractivity contribution in [2.24, 2.45) is 0 Å². The smallest absolute Gasteiger partial charge is 0.314 e. The summed E-state index contributed by atoms with van der Waals surface area (Å²) in [6.45, 7) is 3.36. The zero-order valence-electron chi connectivity index (χ0n) is 10.5. The molecule has 2 rings (SSSR count). The molecule has 1 aromatic rings. The fourth-order valence-corrected chi connectivity index (χ4v) is 1.80. The van der Waals surface area contributed by atoms with E-state index in [4.69, 9.17) is 0 Å². The normalized spacial score (nSPS) is 14.5. The molecule has 6 heteroatoms. The maximum Gasteiger partial charge on any atom is 0.314 e. The van der Waals surface area contributed by atoms with Gasteiger partial charge in [-0.2, -0.15) is 0 Å². The van der Waals surface area contributed by atoms with Crippen molar-refractivity contribution in [2.45, 2.75) is 32.2 Å². The van der Waals surface area contributed by atoms with Gasteiger partial charge in [0.05, 0.1) is 4.92 Å². The van der Waals surface area contributed by atoms with Crippen molar-refractivity contribution in [1.82, 2.24) is 10.3 Å². The molecule has 0 radical (unpaired) electrons. The van der Waals surface area contributed by atoms with Crippen LogP contribution in [0.1, 0.15) is 24.8 Å². The molecule has 2 N–H and O–H groups in total. The average Bonchev–Trinajstić information content (AvgIpc) is 3.12. The third-order valence-corrected chi connectivity index (χ3v) is 2.96. The van der Waals surface area contributed by atoms with Crippen LogP contribution in [0.2, 0.25) is 0 Å². The Morgan fingerprint density at radius 3 is 2.94 bits per heavy atom. The van der Waals surface area contributed by atoms with Crippen molar-refractivity contribution in [1.29, 1.82) is 0 Å². The van der Waals surface area contributed by atoms with Crippen LogP contribution in [-0.4, -0.2) is 29.0 Å². The van der Waals surface area contributed by atoms with E-state index in [9.17, 15) is 10.1 Å². The Hall–Kier alpha value is -1.69. The van der Waals surface area contributed by atoms with Gasteiger partial charge < -0.3 is 10.6 Å². The highest BCUT2D eigenvalue weighted by atomic mass is 16.6. The topological polar surface area (TPSA) is 80.1 Å². The van der Waals surface area contributed by atoms with Crippen LogP contribution in [0.25, 0.3) is 0 Å². The van der Waals surface area contributed by atoms with E-state index in [1.807, 2.05) is 0 Å². The minimum atomic E-state index is -0.382. The average molecular weight is 250 g/mol. The lowest BCUT2D eigenvalue weighted by Crippen LogP contribution is -2.20. The van der Waals surface area contributed by atoms with E-state index in [0.717, 1.165) is 13.0 Å². The molecular weight excluding hydrogens is 232 g/mol. The van der Waals surface area contributed by atoms with Gasteiger partial charge in [-0.05, 0) is 38.8 Å². The summed E-state index contributed by atoms with van der Waals surface area (Å²) < 4.78 is 0. The molecule has 1 aromatic heterocycles. The van der Waals surface area contributed by atoms with E-state index in [1.54, 1.807) is 19.2 Å². The molecule has 0 unspecified atom stereocenters. The van der Waals surface area contributed by atoms with Crippen LogP contribution in [0.4, 0.5) is 11.5 Å². The summed E-state index contributed by atoms with van der Waals surface area (Å²) in [5.74, 6) is 0.367. The quantitative estimate of drug-likeness (QED) is 0.438. The van der Waals surface area contributed by atoms with Gasteiger partial charge in [0, 0.05) is 24.3 Å². The van der Waals surface area contributed by atoms with Crippen molar-refractivity contribution in [2.75, 3.05) is 18.4 Å². The Bertz CT molecular complexity index is 432. The van der Waals surface area contributed by atoms with E-state index in [1.165, 1.54) is 12.8 Å². The fourth-order valence-electron chi connectivity index (χ4n) is 1.80. The van der Waals surface area contributed by atoms with Gasteiger partial charge in [0.1, 0.15) is 0 Å². The van der Waals surface area contributed by atoms with Gasteiger partial charge in [0.25, 0.3) is 0 Å². The van der Waals surface area contributed by atoms with Gasteiger partial charge >= 0.3 is 5.69 Å². The first-order valence-electron chi connectivity index (χ1n) is 6.25. The van der Waals surface area contributed by atoms with E-state index >= 15 is 0 Å². The highest BCUT2D eigenvalue weighted by molar-refractivity contribution is 5.59. The van der Waals surface area contributed by atoms with Crippen molar-refractivity contribution in [3.05, 3.63) is 27.9 Å². The third kappa shape index (κ3) is 3.40. The monoisotopic (exact) mass is 250 g/mol. The fraction of sp³-hybridized carbons (Fsp3) is 0.583. The minimum absolute atomic E-state index is 0.0765. The zero-order chi connectivity index (χ0) is 13.0. The Labute approximate surface area is 106 Å². The number of anilines is 1. The van der Waals surface area contributed by atoms with Crippen LogP contribution in [-0.2, 0) is 0 Å². The standard InChI is InChI=1S/C12H18N4O2/c1-9-5-8-15-12(11(9)16(17)18)14-7-2-6-13-10-3-4-10/h5,8,10,13H,2-4,6-7H2,1H3,(H,14,15). The first kappa shape index (κ1) is 12.8. The van der Waals surface area contributed by atoms with E-state index in [2.05, 4.69) is 15.6 Å². The second kappa shape index (κ2) is 5.77. The molecule has 1 saturated carbocycles. The SMILES string of the molecule is Cc1ccnc(NCCCNC2CC2)c1[N+](=O)[O-]. The van der Waals surface area contributed by atoms with Crippen LogP contribution in [0.3, 0.4) is 0 Å². The predicted molar refractivity (Wildman–Crippen MR) is 69.8 cm³/mol. The zero-order valence-corrected chi connectivity index (χ0v) is 10.5. The minimum Gasteiger partial charge on any atom is -0.364 e.